The quantitative estimate of drug-likeness (QED) is 0.377. The highest BCUT2D eigenvalue weighted by Gasteiger charge is 2.26. The molecule has 1 aliphatic rings. The van der Waals surface area contributed by atoms with Crippen molar-refractivity contribution in [1.82, 2.24) is 20.3 Å². The molecule has 3 heterocycles. The minimum Gasteiger partial charge on any atom is -0.355 e. The highest BCUT2D eigenvalue weighted by Crippen LogP contribution is 2.29. The van der Waals surface area contributed by atoms with E-state index in [2.05, 4.69) is 25.6 Å². The van der Waals surface area contributed by atoms with Crippen LogP contribution < -0.4 is 10.2 Å². The summed E-state index contributed by atoms with van der Waals surface area (Å²) >= 11 is 2.81. The predicted molar refractivity (Wildman–Crippen MR) is 136 cm³/mol. The van der Waals surface area contributed by atoms with E-state index in [9.17, 15) is 9.59 Å². The molecule has 2 amide bonds. The van der Waals surface area contributed by atoms with E-state index < -0.39 is 0 Å². The van der Waals surface area contributed by atoms with Gasteiger partial charge in [0.1, 0.15) is 0 Å². The molecular weight excluding hydrogens is 484 g/mol. The molecule has 4 aromatic rings. The molecule has 0 radical (unpaired) electrons. The summed E-state index contributed by atoms with van der Waals surface area (Å²) in [7, 11) is 0. The van der Waals surface area contributed by atoms with Gasteiger partial charge in [-0.15, -0.1) is 10.2 Å². The molecule has 178 valence electrons. The third-order valence-electron chi connectivity index (χ3n) is 5.41. The van der Waals surface area contributed by atoms with Crippen molar-refractivity contribution in [2.24, 2.45) is 0 Å². The van der Waals surface area contributed by atoms with Crippen LogP contribution in [0, 0.1) is 0 Å². The lowest BCUT2D eigenvalue weighted by molar-refractivity contribution is -0.113. The molecule has 0 spiro atoms. The Bertz CT molecular complexity index is 1290. The number of nitrogens with zero attached hydrogens (tertiary/aromatic N) is 5. The number of hydrogen-bond acceptors (Lipinski definition) is 9. The van der Waals surface area contributed by atoms with Crippen molar-refractivity contribution in [3.05, 3.63) is 72.4 Å². The number of carbonyl (C=O) groups is 2. The maximum absolute atomic E-state index is 12.9. The molecule has 0 bridgehead atoms. The van der Waals surface area contributed by atoms with Crippen LogP contribution >= 0.6 is 23.1 Å². The third kappa shape index (κ3) is 5.69. The zero-order valence-corrected chi connectivity index (χ0v) is 20.3. The number of hydrogen-bond donors (Lipinski definition) is 1. The molecule has 1 fully saturated rings. The number of nitrogens with one attached hydrogen (secondary N) is 1. The number of piperazine rings is 1. The van der Waals surface area contributed by atoms with E-state index in [1.165, 1.54) is 23.1 Å². The number of para-hydroxylation sites is 1. The monoisotopic (exact) mass is 506 g/mol. The molecule has 5 rings (SSSR count). The first-order chi connectivity index (χ1) is 17.2. The Kier molecular flexibility index (Phi) is 7.05. The van der Waals surface area contributed by atoms with Crippen LogP contribution in [0.4, 0.5) is 10.8 Å². The lowest BCUT2D eigenvalue weighted by atomic mass is 10.1. The van der Waals surface area contributed by atoms with Crippen LogP contribution in [0.15, 0.2) is 75.6 Å². The first-order valence-corrected chi connectivity index (χ1v) is 12.8. The smallest absolute Gasteiger partial charge is 0.276 e. The van der Waals surface area contributed by atoms with Crippen molar-refractivity contribution in [2.75, 3.05) is 42.1 Å². The lowest BCUT2D eigenvalue weighted by Crippen LogP contribution is -2.48. The first kappa shape index (κ1) is 23.1. The summed E-state index contributed by atoms with van der Waals surface area (Å²) in [5, 5.41) is 16.1. The van der Waals surface area contributed by atoms with Crippen LogP contribution in [0.3, 0.4) is 0 Å². The van der Waals surface area contributed by atoms with E-state index in [1.807, 2.05) is 60.7 Å². The number of benzene rings is 2. The van der Waals surface area contributed by atoms with Crippen molar-refractivity contribution in [2.45, 2.75) is 4.34 Å². The Morgan fingerprint density at radius 2 is 1.69 bits per heavy atom. The van der Waals surface area contributed by atoms with Gasteiger partial charge in [0.05, 0.1) is 5.75 Å². The number of anilines is 2. The molecule has 11 heteroatoms. The van der Waals surface area contributed by atoms with Gasteiger partial charge in [0.15, 0.2) is 15.8 Å². The molecule has 9 nitrogen and oxygen atoms in total. The van der Waals surface area contributed by atoms with Crippen molar-refractivity contribution in [3.63, 3.8) is 0 Å². The van der Waals surface area contributed by atoms with E-state index in [0.717, 1.165) is 20.7 Å². The van der Waals surface area contributed by atoms with Crippen molar-refractivity contribution >= 4 is 45.7 Å². The van der Waals surface area contributed by atoms with Gasteiger partial charge >= 0.3 is 0 Å². The Morgan fingerprint density at radius 1 is 0.971 bits per heavy atom. The van der Waals surface area contributed by atoms with Gasteiger partial charge < -0.3 is 19.6 Å². The highest BCUT2D eigenvalue weighted by atomic mass is 32.2. The van der Waals surface area contributed by atoms with E-state index in [-0.39, 0.29) is 17.6 Å². The van der Waals surface area contributed by atoms with Gasteiger partial charge in [-0.1, -0.05) is 76.8 Å². The first-order valence-electron chi connectivity index (χ1n) is 11.0. The maximum Gasteiger partial charge on any atom is 0.276 e. The van der Waals surface area contributed by atoms with Gasteiger partial charge in [-0.3, -0.25) is 9.59 Å². The normalized spacial score (nSPS) is 13.6. The van der Waals surface area contributed by atoms with Crippen molar-refractivity contribution in [1.29, 1.82) is 0 Å². The van der Waals surface area contributed by atoms with E-state index in [0.29, 0.717) is 37.6 Å². The Balaban J connectivity index is 1.11. The molecule has 2 aromatic heterocycles. The van der Waals surface area contributed by atoms with Crippen molar-refractivity contribution < 1.29 is 14.1 Å². The highest BCUT2D eigenvalue weighted by molar-refractivity contribution is 8.01. The zero-order chi connectivity index (χ0) is 24.0. The summed E-state index contributed by atoms with van der Waals surface area (Å²) in [4.78, 5) is 28.9. The van der Waals surface area contributed by atoms with Crippen LogP contribution in [0.25, 0.3) is 11.3 Å². The molecule has 1 saturated heterocycles. The molecule has 2 aromatic carbocycles. The summed E-state index contributed by atoms with van der Waals surface area (Å²) in [6, 6.07) is 20.6. The van der Waals surface area contributed by atoms with Crippen LogP contribution in [0.1, 0.15) is 10.5 Å². The molecule has 1 aliphatic heterocycles. The SMILES string of the molecule is O=C(CSc1nnc(N2CCN(C(=O)c3cc(-c4ccccc4)on3)CC2)s1)Nc1ccccc1. The minimum atomic E-state index is -0.145. The number of amides is 2. The molecule has 0 saturated carbocycles. The predicted octanol–water partition coefficient (Wildman–Crippen LogP) is 3.89. The Labute approximate surface area is 210 Å². The fourth-order valence-electron chi connectivity index (χ4n) is 3.61. The molecule has 35 heavy (non-hydrogen) atoms. The number of carbonyl (C=O) groups excluding carboxylic acids is 2. The fourth-order valence-corrected chi connectivity index (χ4v) is 5.30. The summed E-state index contributed by atoms with van der Waals surface area (Å²) in [5.74, 6) is 0.597. The zero-order valence-electron chi connectivity index (χ0n) is 18.7. The number of thioether (sulfide) groups is 1. The Hall–Kier alpha value is -3.70. The standard InChI is InChI=1S/C24H22N6O3S2/c31-21(25-18-9-5-2-6-10-18)16-34-24-27-26-23(35-24)30-13-11-29(12-14-30)22(32)19-15-20(33-28-19)17-7-3-1-4-8-17/h1-10,15H,11-14,16H2,(H,25,31). The second-order valence-corrected chi connectivity index (χ2v) is 9.95. The third-order valence-corrected chi connectivity index (χ3v) is 7.52. The topological polar surface area (TPSA) is 104 Å². The van der Waals surface area contributed by atoms with Gasteiger partial charge in [-0.05, 0) is 12.1 Å². The Morgan fingerprint density at radius 3 is 2.43 bits per heavy atom. The van der Waals surface area contributed by atoms with Gasteiger partial charge in [0, 0.05) is 43.5 Å². The van der Waals surface area contributed by atoms with Crippen LogP contribution in [-0.2, 0) is 4.79 Å². The molecular formula is C24H22N6O3S2. The van der Waals surface area contributed by atoms with Crippen LogP contribution in [0.2, 0.25) is 0 Å². The van der Waals surface area contributed by atoms with Crippen molar-refractivity contribution in [3.8, 4) is 11.3 Å². The summed E-state index contributed by atoms with van der Waals surface area (Å²) in [5.41, 5.74) is 1.96. The average Bonchev–Trinajstić information content (AvgIpc) is 3.59. The van der Waals surface area contributed by atoms with Gasteiger partial charge in [0.25, 0.3) is 5.91 Å². The second-order valence-electron chi connectivity index (χ2n) is 7.78. The van der Waals surface area contributed by atoms with E-state index >= 15 is 0 Å². The maximum atomic E-state index is 12.9. The summed E-state index contributed by atoms with van der Waals surface area (Å²) < 4.78 is 6.11. The van der Waals surface area contributed by atoms with Crippen LogP contribution in [-0.4, -0.2) is 64.0 Å². The summed E-state index contributed by atoms with van der Waals surface area (Å²) in [6.45, 7) is 2.38. The molecule has 0 aliphatic carbocycles. The average molecular weight is 507 g/mol. The minimum absolute atomic E-state index is 0.0895. The fraction of sp³-hybridized carbons (Fsp3) is 0.208. The molecule has 0 unspecified atom stereocenters. The van der Waals surface area contributed by atoms with Gasteiger partial charge in [0.2, 0.25) is 11.0 Å². The number of rotatable bonds is 7. The molecule has 1 N–H and O–H groups in total. The lowest BCUT2D eigenvalue weighted by Gasteiger charge is -2.33. The number of aromatic nitrogens is 3. The van der Waals surface area contributed by atoms with Gasteiger partial charge in [-0.2, -0.15) is 0 Å². The van der Waals surface area contributed by atoms with Crippen LogP contribution in [0.5, 0.6) is 0 Å². The molecule has 0 atom stereocenters. The summed E-state index contributed by atoms with van der Waals surface area (Å²) in [6.07, 6.45) is 0. The van der Waals surface area contributed by atoms with E-state index in [1.54, 1.807) is 11.0 Å². The van der Waals surface area contributed by atoms with E-state index in [4.69, 9.17) is 4.52 Å². The van der Waals surface area contributed by atoms with Gasteiger partial charge in [-0.25, -0.2) is 0 Å². The largest absolute Gasteiger partial charge is 0.355 e. The second kappa shape index (κ2) is 10.7.